The molecule has 0 aliphatic heterocycles. The molecule has 2 aliphatic rings. The molecule has 0 N–H and O–H groups in total. The Kier molecular flexibility index (Phi) is 3.08. The van der Waals surface area contributed by atoms with Gasteiger partial charge < -0.3 is 0 Å². The molecular weight excluding hydrogens is 156 g/mol. The van der Waals surface area contributed by atoms with Crippen molar-refractivity contribution in [3.63, 3.8) is 0 Å². The average molecular weight is 178 g/mol. The first-order chi connectivity index (χ1) is 6.36. The van der Waals surface area contributed by atoms with Crippen LogP contribution in [0.25, 0.3) is 0 Å². The maximum Gasteiger partial charge on any atom is -0.0206 e. The van der Waals surface area contributed by atoms with Crippen LogP contribution < -0.4 is 0 Å². The molecule has 0 aromatic carbocycles. The number of allylic oxidation sites excluding steroid dienone is 2. The van der Waals surface area contributed by atoms with Gasteiger partial charge in [0.2, 0.25) is 0 Å². The third-order valence-electron chi connectivity index (χ3n) is 3.90. The molecule has 0 unspecified atom stereocenters. The largest absolute Gasteiger partial charge is 0.0822 e. The van der Waals surface area contributed by atoms with Crippen LogP contribution in [-0.2, 0) is 0 Å². The van der Waals surface area contributed by atoms with Crippen molar-refractivity contribution in [2.24, 2.45) is 11.8 Å². The first kappa shape index (κ1) is 9.30. The second kappa shape index (κ2) is 4.30. The average Bonchev–Trinajstić information content (AvgIpc) is 2.74. The molecule has 0 saturated heterocycles. The van der Waals surface area contributed by atoms with Gasteiger partial charge in [-0.1, -0.05) is 37.3 Å². The van der Waals surface area contributed by atoms with E-state index >= 15 is 0 Å². The molecule has 0 aromatic rings. The van der Waals surface area contributed by atoms with Crippen LogP contribution in [-0.4, -0.2) is 0 Å². The van der Waals surface area contributed by atoms with Gasteiger partial charge in [-0.25, -0.2) is 0 Å². The normalized spacial score (nSPS) is 27.3. The van der Waals surface area contributed by atoms with E-state index in [0.29, 0.717) is 0 Å². The zero-order chi connectivity index (χ0) is 9.10. The highest BCUT2D eigenvalue weighted by Crippen LogP contribution is 2.34. The fourth-order valence-corrected chi connectivity index (χ4v) is 3.01. The van der Waals surface area contributed by atoms with Gasteiger partial charge in [0.1, 0.15) is 0 Å². The Balaban J connectivity index is 1.89. The molecule has 0 heterocycles. The minimum absolute atomic E-state index is 0.945. The highest BCUT2D eigenvalue weighted by atomic mass is 14.2. The van der Waals surface area contributed by atoms with E-state index in [1.54, 1.807) is 5.57 Å². The number of hydrogen-bond acceptors (Lipinski definition) is 0. The van der Waals surface area contributed by atoms with Gasteiger partial charge in [0.05, 0.1) is 0 Å². The predicted molar refractivity (Wildman–Crippen MR) is 57.7 cm³/mol. The Morgan fingerprint density at radius 2 is 1.46 bits per heavy atom. The summed E-state index contributed by atoms with van der Waals surface area (Å²) < 4.78 is 0. The van der Waals surface area contributed by atoms with E-state index in [1.165, 1.54) is 51.4 Å². The monoisotopic (exact) mass is 178 g/mol. The molecule has 13 heavy (non-hydrogen) atoms. The Morgan fingerprint density at radius 1 is 0.923 bits per heavy atom. The van der Waals surface area contributed by atoms with E-state index in [9.17, 15) is 0 Å². The van der Waals surface area contributed by atoms with Crippen molar-refractivity contribution in [1.29, 1.82) is 0 Å². The van der Waals surface area contributed by atoms with Gasteiger partial charge in [0.25, 0.3) is 0 Å². The van der Waals surface area contributed by atoms with Crippen LogP contribution in [0, 0.1) is 11.8 Å². The molecule has 2 rings (SSSR count). The van der Waals surface area contributed by atoms with Gasteiger partial charge in [-0.15, -0.1) is 0 Å². The smallest absolute Gasteiger partial charge is 0.0206 e. The highest BCUT2D eigenvalue weighted by molar-refractivity contribution is 5.07. The lowest BCUT2D eigenvalue weighted by Gasteiger charge is -2.12. The van der Waals surface area contributed by atoms with E-state index in [4.69, 9.17) is 0 Å². The van der Waals surface area contributed by atoms with E-state index in [1.807, 2.05) is 0 Å². The highest BCUT2D eigenvalue weighted by Gasteiger charge is 2.18. The summed E-state index contributed by atoms with van der Waals surface area (Å²) in [7, 11) is 0. The molecule has 74 valence electrons. The van der Waals surface area contributed by atoms with E-state index in [2.05, 4.69) is 13.0 Å². The maximum absolute atomic E-state index is 2.60. The van der Waals surface area contributed by atoms with Crippen molar-refractivity contribution in [2.75, 3.05) is 0 Å². The second-order valence-electron chi connectivity index (χ2n) is 4.94. The molecule has 0 amide bonds. The zero-order valence-electron chi connectivity index (χ0n) is 8.89. The van der Waals surface area contributed by atoms with Crippen LogP contribution in [0.3, 0.4) is 0 Å². The Bertz CT molecular complexity index is 178. The third-order valence-corrected chi connectivity index (χ3v) is 3.90. The van der Waals surface area contributed by atoms with E-state index < -0.39 is 0 Å². The predicted octanol–water partition coefficient (Wildman–Crippen LogP) is 4.31. The van der Waals surface area contributed by atoms with Crippen molar-refractivity contribution in [3.05, 3.63) is 11.6 Å². The molecule has 2 fully saturated rings. The minimum atomic E-state index is 0.945. The van der Waals surface area contributed by atoms with E-state index in [-0.39, 0.29) is 0 Å². The lowest BCUT2D eigenvalue weighted by molar-refractivity contribution is 0.611. The SMILES string of the molecule is CC(=CC1CCCC1)C1CCCC1. The Morgan fingerprint density at radius 3 is 2.08 bits per heavy atom. The lowest BCUT2D eigenvalue weighted by atomic mass is 9.94. The minimum Gasteiger partial charge on any atom is -0.0822 e. The van der Waals surface area contributed by atoms with Crippen LogP contribution in [0.15, 0.2) is 11.6 Å². The molecule has 0 heteroatoms. The van der Waals surface area contributed by atoms with Gasteiger partial charge >= 0.3 is 0 Å². The van der Waals surface area contributed by atoms with Crippen molar-refractivity contribution >= 4 is 0 Å². The van der Waals surface area contributed by atoms with Crippen molar-refractivity contribution in [1.82, 2.24) is 0 Å². The Hall–Kier alpha value is -0.260. The molecule has 0 atom stereocenters. The quantitative estimate of drug-likeness (QED) is 0.553. The molecule has 0 bridgehead atoms. The fraction of sp³-hybridized carbons (Fsp3) is 0.846. The van der Waals surface area contributed by atoms with Gasteiger partial charge in [-0.05, 0) is 44.4 Å². The van der Waals surface area contributed by atoms with Gasteiger partial charge in [-0.2, -0.15) is 0 Å². The topological polar surface area (TPSA) is 0 Å². The second-order valence-corrected chi connectivity index (χ2v) is 4.94. The van der Waals surface area contributed by atoms with Crippen molar-refractivity contribution < 1.29 is 0 Å². The summed E-state index contributed by atoms with van der Waals surface area (Å²) >= 11 is 0. The summed E-state index contributed by atoms with van der Waals surface area (Å²) in [5.74, 6) is 1.90. The maximum atomic E-state index is 2.60. The molecule has 0 spiro atoms. The molecule has 2 saturated carbocycles. The van der Waals surface area contributed by atoms with Gasteiger partial charge in [-0.3, -0.25) is 0 Å². The zero-order valence-corrected chi connectivity index (χ0v) is 8.89. The first-order valence-corrected chi connectivity index (χ1v) is 6.04. The summed E-state index contributed by atoms with van der Waals surface area (Å²) in [5, 5.41) is 0. The van der Waals surface area contributed by atoms with Crippen LogP contribution >= 0.6 is 0 Å². The van der Waals surface area contributed by atoms with Crippen LogP contribution in [0.4, 0.5) is 0 Å². The summed E-state index contributed by atoms with van der Waals surface area (Å²) in [6.07, 6.45) is 14.3. The van der Waals surface area contributed by atoms with Crippen molar-refractivity contribution in [3.8, 4) is 0 Å². The van der Waals surface area contributed by atoms with Crippen molar-refractivity contribution in [2.45, 2.75) is 58.3 Å². The summed E-state index contributed by atoms with van der Waals surface area (Å²) in [4.78, 5) is 0. The fourth-order valence-electron chi connectivity index (χ4n) is 3.01. The molecule has 0 radical (unpaired) electrons. The summed E-state index contributed by atoms with van der Waals surface area (Å²) in [6, 6.07) is 0. The van der Waals surface area contributed by atoms with Gasteiger partial charge in [0.15, 0.2) is 0 Å². The number of rotatable bonds is 2. The number of hydrogen-bond donors (Lipinski definition) is 0. The van der Waals surface area contributed by atoms with Crippen LogP contribution in [0.1, 0.15) is 58.3 Å². The first-order valence-electron chi connectivity index (χ1n) is 6.04. The summed E-state index contributed by atoms with van der Waals surface area (Å²) in [5.41, 5.74) is 1.71. The van der Waals surface area contributed by atoms with E-state index in [0.717, 1.165) is 11.8 Å². The molecule has 0 aromatic heterocycles. The van der Waals surface area contributed by atoms with Gasteiger partial charge in [0, 0.05) is 0 Å². The van der Waals surface area contributed by atoms with Crippen LogP contribution in [0.2, 0.25) is 0 Å². The van der Waals surface area contributed by atoms with Crippen LogP contribution in [0.5, 0.6) is 0 Å². The lowest BCUT2D eigenvalue weighted by Crippen LogP contribution is -1.98. The Labute approximate surface area is 82.4 Å². The molecular formula is C13H22. The summed E-state index contributed by atoms with van der Waals surface area (Å²) in [6.45, 7) is 2.37. The third kappa shape index (κ3) is 2.36. The molecule has 0 nitrogen and oxygen atoms in total. The molecule has 2 aliphatic carbocycles. The standard InChI is InChI=1S/C13H22/c1-11(13-8-4-5-9-13)10-12-6-2-3-7-12/h10,12-13H,2-9H2,1H3.